The van der Waals surface area contributed by atoms with Crippen molar-refractivity contribution in [2.75, 3.05) is 20.1 Å². The molecule has 0 aromatic heterocycles. The van der Waals surface area contributed by atoms with E-state index in [0.717, 1.165) is 25.7 Å². The molecular formula is C17H37NO2. The fraction of sp³-hybridized carbons (Fsp3) is 1.00. The highest BCUT2D eigenvalue weighted by molar-refractivity contribution is 4.66. The molecule has 0 heterocycles. The van der Waals surface area contributed by atoms with Crippen molar-refractivity contribution in [3.63, 3.8) is 0 Å². The van der Waals surface area contributed by atoms with E-state index < -0.39 is 0 Å². The molecule has 0 rings (SSSR count). The van der Waals surface area contributed by atoms with Gasteiger partial charge in [-0.2, -0.15) is 0 Å². The molecule has 0 saturated heterocycles. The first kappa shape index (κ1) is 19.9. The van der Waals surface area contributed by atoms with Gasteiger partial charge in [-0.3, -0.25) is 0 Å². The Morgan fingerprint density at radius 1 is 0.700 bits per heavy atom. The lowest BCUT2D eigenvalue weighted by atomic mass is 10.1. The first-order valence-electron chi connectivity index (χ1n) is 8.64. The second kappa shape index (κ2) is 13.8. The van der Waals surface area contributed by atoms with Gasteiger partial charge in [0.05, 0.1) is 12.2 Å². The van der Waals surface area contributed by atoms with Crippen LogP contribution in [0.15, 0.2) is 0 Å². The van der Waals surface area contributed by atoms with E-state index in [1.165, 1.54) is 38.5 Å². The van der Waals surface area contributed by atoms with Gasteiger partial charge in [-0.15, -0.1) is 0 Å². The Morgan fingerprint density at radius 3 is 1.45 bits per heavy atom. The van der Waals surface area contributed by atoms with Gasteiger partial charge in [-0.05, 0) is 19.9 Å². The van der Waals surface area contributed by atoms with Crippen molar-refractivity contribution in [2.45, 2.75) is 90.3 Å². The van der Waals surface area contributed by atoms with E-state index in [-0.39, 0.29) is 12.2 Å². The minimum atomic E-state index is -0.246. The van der Waals surface area contributed by atoms with Crippen molar-refractivity contribution in [3.05, 3.63) is 0 Å². The Bertz CT molecular complexity index is 179. The SMILES string of the molecule is CCCCCCC(O)CN(C)CC(O)CCCCCC. The number of rotatable bonds is 14. The van der Waals surface area contributed by atoms with Crippen LogP contribution < -0.4 is 0 Å². The molecular weight excluding hydrogens is 250 g/mol. The van der Waals surface area contributed by atoms with E-state index in [1.54, 1.807) is 0 Å². The van der Waals surface area contributed by atoms with Crippen molar-refractivity contribution in [2.24, 2.45) is 0 Å². The average molecular weight is 287 g/mol. The van der Waals surface area contributed by atoms with Crippen LogP contribution in [0, 0.1) is 0 Å². The molecule has 20 heavy (non-hydrogen) atoms. The Hall–Kier alpha value is -0.120. The highest BCUT2D eigenvalue weighted by Gasteiger charge is 2.12. The first-order valence-corrected chi connectivity index (χ1v) is 8.64. The average Bonchev–Trinajstić information content (AvgIpc) is 2.39. The molecule has 0 amide bonds. The van der Waals surface area contributed by atoms with Crippen LogP contribution in [-0.2, 0) is 0 Å². The molecule has 0 bridgehead atoms. The van der Waals surface area contributed by atoms with E-state index in [4.69, 9.17) is 0 Å². The lowest BCUT2D eigenvalue weighted by molar-refractivity contribution is 0.0738. The summed E-state index contributed by atoms with van der Waals surface area (Å²) >= 11 is 0. The second-order valence-electron chi connectivity index (χ2n) is 6.23. The Morgan fingerprint density at radius 2 is 1.10 bits per heavy atom. The monoisotopic (exact) mass is 287 g/mol. The number of nitrogens with zero attached hydrogens (tertiary/aromatic N) is 1. The van der Waals surface area contributed by atoms with Crippen molar-refractivity contribution < 1.29 is 10.2 Å². The number of hydrogen-bond donors (Lipinski definition) is 2. The molecule has 2 atom stereocenters. The summed E-state index contributed by atoms with van der Waals surface area (Å²) in [6, 6.07) is 0. The van der Waals surface area contributed by atoms with Gasteiger partial charge in [0.1, 0.15) is 0 Å². The predicted molar refractivity (Wildman–Crippen MR) is 87.0 cm³/mol. The summed E-state index contributed by atoms with van der Waals surface area (Å²) < 4.78 is 0. The van der Waals surface area contributed by atoms with Crippen molar-refractivity contribution >= 4 is 0 Å². The van der Waals surface area contributed by atoms with Crippen LogP contribution in [0.2, 0.25) is 0 Å². The molecule has 0 radical (unpaired) electrons. The first-order chi connectivity index (χ1) is 9.60. The fourth-order valence-electron chi connectivity index (χ4n) is 2.59. The molecule has 0 aliphatic heterocycles. The summed E-state index contributed by atoms with van der Waals surface area (Å²) in [5, 5.41) is 19.9. The molecule has 3 nitrogen and oxygen atoms in total. The molecule has 0 saturated carbocycles. The van der Waals surface area contributed by atoms with Crippen LogP contribution in [0.1, 0.15) is 78.1 Å². The van der Waals surface area contributed by atoms with Crippen LogP contribution in [-0.4, -0.2) is 47.5 Å². The molecule has 0 aromatic carbocycles. The number of aliphatic hydroxyl groups excluding tert-OH is 2. The molecule has 2 unspecified atom stereocenters. The second-order valence-corrected chi connectivity index (χ2v) is 6.23. The molecule has 0 aromatic rings. The standard InChI is InChI=1S/C17H37NO2/c1-4-6-8-10-12-16(19)14-18(3)15-17(20)13-11-9-7-5-2/h16-17,19-20H,4-15H2,1-3H3. The van der Waals surface area contributed by atoms with E-state index in [2.05, 4.69) is 18.7 Å². The molecule has 0 spiro atoms. The molecule has 0 aliphatic carbocycles. The molecule has 0 fully saturated rings. The summed E-state index contributed by atoms with van der Waals surface area (Å²) in [5.74, 6) is 0. The van der Waals surface area contributed by atoms with E-state index in [0.29, 0.717) is 13.1 Å². The van der Waals surface area contributed by atoms with Gasteiger partial charge >= 0.3 is 0 Å². The van der Waals surface area contributed by atoms with E-state index >= 15 is 0 Å². The number of hydrogen-bond acceptors (Lipinski definition) is 3. The van der Waals surface area contributed by atoms with Gasteiger partial charge in [0, 0.05) is 13.1 Å². The maximum absolute atomic E-state index is 9.95. The number of aliphatic hydroxyl groups is 2. The van der Waals surface area contributed by atoms with Gasteiger partial charge in [0.2, 0.25) is 0 Å². The van der Waals surface area contributed by atoms with Gasteiger partial charge in [-0.1, -0.05) is 65.2 Å². The summed E-state index contributed by atoms with van der Waals surface area (Å²) in [4.78, 5) is 2.06. The smallest absolute Gasteiger partial charge is 0.0667 e. The van der Waals surface area contributed by atoms with Gasteiger partial charge < -0.3 is 15.1 Å². The predicted octanol–water partition coefficient (Wildman–Crippen LogP) is 3.58. The van der Waals surface area contributed by atoms with Crippen LogP contribution in [0.25, 0.3) is 0 Å². The lowest BCUT2D eigenvalue weighted by Gasteiger charge is -2.23. The van der Waals surface area contributed by atoms with Gasteiger partial charge in [0.25, 0.3) is 0 Å². The summed E-state index contributed by atoms with van der Waals surface area (Å²) in [5.41, 5.74) is 0. The minimum Gasteiger partial charge on any atom is -0.392 e. The van der Waals surface area contributed by atoms with Crippen LogP contribution in [0.3, 0.4) is 0 Å². The zero-order valence-electron chi connectivity index (χ0n) is 14.0. The van der Waals surface area contributed by atoms with Gasteiger partial charge in [-0.25, -0.2) is 0 Å². The summed E-state index contributed by atoms with van der Waals surface area (Å²) in [6.45, 7) is 5.76. The van der Waals surface area contributed by atoms with Crippen molar-refractivity contribution in [1.29, 1.82) is 0 Å². The third-order valence-electron chi connectivity index (χ3n) is 3.83. The van der Waals surface area contributed by atoms with Crippen molar-refractivity contribution in [1.82, 2.24) is 4.90 Å². The minimum absolute atomic E-state index is 0.246. The van der Waals surface area contributed by atoms with Gasteiger partial charge in [0.15, 0.2) is 0 Å². The summed E-state index contributed by atoms with van der Waals surface area (Å²) in [6.07, 6.45) is 10.9. The lowest BCUT2D eigenvalue weighted by Crippen LogP contribution is -2.35. The zero-order chi connectivity index (χ0) is 15.2. The van der Waals surface area contributed by atoms with E-state index in [9.17, 15) is 10.2 Å². The molecule has 2 N–H and O–H groups in total. The third kappa shape index (κ3) is 12.9. The maximum atomic E-state index is 9.95. The quantitative estimate of drug-likeness (QED) is 0.480. The largest absolute Gasteiger partial charge is 0.392 e. The normalized spacial score (nSPS) is 14.7. The Balaban J connectivity index is 3.56. The van der Waals surface area contributed by atoms with Crippen LogP contribution in [0.4, 0.5) is 0 Å². The van der Waals surface area contributed by atoms with E-state index in [1.807, 2.05) is 7.05 Å². The maximum Gasteiger partial charge on any atom is 0.0667 e. The topological polar surface area (TPSA) is 43.7 Å². The molecule has 122 valence electrons. The van der Waals surface area contributed by atoms with Crippen LogP contribution in [0.5, 0.6) is 0 Å². The number of unbranched alkanes of at least 4 members (excludes halogenated alkanes) is 6. The third-order valence-corrected chi connectivity index (χ3v) is 3.83. The summed E-state index contributed by atoms with van der Waals surface area (Å²) in [7, 11) is 1.99. The van der Waals surface area contributed by atoms with Crippen molar-refractivity contribution in [3.8, 4) is 0 Å². The zero-order valence-corrected chi connectivity index (χ0v) is 14.0. The Kier molecular flexibility index (Phi) is 13.8. The molecule has 0 aliphatic rings. The fourth-order valence-corrected chi connectivity index (χ4v) is 2.59. The highest BCUT2D eigenvalue weighted by atomic mass is 16.3. The number of likely N-dealkylation sites (N-methyl/N-ethyl adjacent to an activating group) is 1. The van der Waals surface area contributed by atoms with Crippen LogP contribution >= 0.6 is 0 Å². The molecule has 3 heteroatoms. The Labute approximate surface area is 126 Å². The highest BCUT2D eigenvalue weighted by Crippen LogP contribution is 2.09.